The van der Waals surface area contributed by atoms with Crippen molar-refractivity contribution in [2.75, 3.05) is 7.05 Å². The molecule has 0 atom stereocenters. The second-order valence-corrected chi connectivity index (χ2v) is 4.48. The van der Waals surface area contributed by atoms with Crippen LogP contribution in [-0.4, -0.2) is 27.8 Å². The minimum Gasteiger partial charge on any atom is -0.295 e. The van der Waals surface area contributed by atoms with Crippen molar-refractivity contribution in [3.63, 3.8) is 0 Å². The van der Waals surface area contributed by atoms with Crippen LogP contribution >= 0.6 is 0 Å². The molecule has 2 aromatic rings. The Bertz CT molecular complexity index is 573. The number of nitrogens with two attached hydrogens (primary N) is 1. The fourth-order valence-electron chi connectivity index (χ4n) is 1.87. The van der Waals surface area contributed by atoms with Crippen LogP contribution in [0.2, 0.25) is 0 Å². The first-order valence-electron chi connectivity index (χ1n) is 6.24. The van der Waals surface area contributed by atoms with E-state index in [1.54, 1.807) is 18.3 Å². The van der Waals surface area contributed by atoms with Crippen LogP contribution in [0.4, 0.5) is 0 Å². The fraction of sp³-hybridized carbons (Fsp3) is 0.214. The maximum Gasteiger partial charge on any atom is 0.283 e. The topological polar surface area (TPSA) is 84.1 Å². The van der Waals surface area contributed by atoms with Gasteiger partial charge in [-0.25, -0.2) is 10.8 Å². The van der Waals surface area contributed by atoms with Crippen LogP contribution in [0.3, 0.4) is 0 Å². The molecule has 6 nitrogen and oxygen atoms in total. The van der Waals surface area contributed by atoms with Crippen molar-refractivity contribution in [2.24, 2.45) is 5.84 Å². The van der Waals surface area contributed by atoms with Crippen LogP contribution in [0.5, 0.6) is 0 Å². The van der Waals surface area contributed by atoms with Gasteiger partial charge in [-0.15, -0.1) is 0 Å². The zero-order valence-electron chi connectivity index (χ0n) is 11.3. The first-order chi connectivity index (χ1) is 9.69. The molecule has 2 heterocycles. The highest BCUT2D eigenvalue weighted by Gasteiger charge is 2.08. The Morgan fingerprint density at radius 3 is 2.65 bits per heavy atom. The number of amides is 1. The predicted molar refractivity (Wildman–Crippen MR) is 75.3 cm³/mol. The molecule has 0 unspecified atom stereocenters. The molecule has 0 saturated carbocycles. The molecule has 1 amide bonds. The third kappa shape index (κ3) is 3.84. The highest BCUT2D eigenvalue weighted by molar-refractivity contribution is 5.91. The summed E-state index contributed by atoms with van der Waals surface area (Å²) < 4.78 is 0. The van der Waals surface area contributed by atoms with E-state index in [9.17, 15) is 4.79 Å². The molecule has 2 aromatic heterocycles. The maximum absolute atomic E-state index is 11.4. The lowest BCUT2D eigenvalue weighted by Crippen LogP contribution is -2.31. The van der Waals surface area contributed by atoms with Gasteiger partial charge in [0.25, 0.3) is 5.91 Å². The van der Waals surface area contributed by atoms with Gasteiger partial charge in [0.05, 0.1) is 11.4 Å². The number of nitrogen functional groups attached to an aromatic ring is 1. The average Bonchev–Trinajstić information content (AvgIpc) is 2.47. The van der Waals surface area contributed by atoms with Gasteiger partial charge >= 0.3 is 0 Å². The van der Waals surface area contributed by atoms with E-state index >= 15 is 0 Å². The highest BCUT2D eigenvalue weighted by atomic mass is 16.2. The molecule has 0 aromatic carbocycles. The average molecular weight is 271 g/mol. The lowest BCUT2D eigenvalue weighted by molar-refractivity contribution is 0.0948. The van der Waals surface area contributed by atoms with E-state index in [4.69, 9.17) is 5.84 Å². The van der Waals surface area contributed by atoms with Crippen LogP contribution in [0.25, 0.3) is 0 Å². The van der Waals surface area contributed by atoms with Gasteiger partial charge in [-0.1, -0.05) is 12.1 Å². The summed E-state index contributed by atoms with van der Waals surface area (Å²) in [4.78, 5) is 22.0. The first kappa shape index (κ1) is 14.1. The summed E-state index contributed by atoms with van der Waals surface area (Å²) in [5.41, 5.74) is 4.19. The molecular weight excluding hydrogens is 254 g/mol. The number of aromatic nitrogens is 2. The number of nitrogens with one attached hydrogen (secondary N) is 1. The van der Waals surface area contributed by atoms with Crippen molar-refractivity contribution >= 4 is 5.91 Å². The normalized spacial score (nSPS) is 10.6. The van der Waals surface area contributed by atoms with Gasteiger partial charge in [-0.05, 0) is 31.3 Å². The maximum atomic E-state index is 11.4. The van der Waals surface area contributed by atoms with E-state index in [1.165, 1.54) is 0 Å². The van der Waals surface area contributed by atoms with E-state index in [1.807, 2.05) is 31.3 Å². The van der Waals surface area contributed by atoms with Crippen molar-refractivity contribution in [3.8, 4) is 0 Å². The number of hydrogen-bond acceptors (Lipinski definition) is 5. The number of carbonyl (C=O) groups excluding carboxylic acids is 1. The summed E-state index contributed by atoms with van der Waals surface area (Å²) in [5, 5.41) is 0. The minimum atomic E-state index is -0.390. The van der Waals surface area contributed by atoms with Crippen molar-refractivity contribution in [1.29, 1.82) is 0 Å². The van der Waals surface area contributed by atoms with Gasteiger partial charge in [0.1, 0.15) is 5.69 Å². The van der Waals surface area contributed by atoms with Crippen molar-refractivity contribution in [2.45, 2.75) is 13.1 Å². The summed E-state index contributed by atoms with van der Waals surface area (Å²) in [6, 6.07) is 11.1. The minimum absolute atomic E-state index is 0.316. The lowest BCUT2D eigenvalue weighted by Gasteiger charge is -2.15. The molecule has 0 saturated heterocycles. The zero-order valence-corrected chi connectivity index (χ0v) is 11.3. The van der Waals surface area contributed by atoms with Gasteiger partial charge in [0.2, 0.25) is 0 Å². The third-order valence-corrected chi connectivity index (χ3v) is 2.76. The quantitative estimate of drug-likeness (QED) is 0.475. The van der Waals surface area contributed by atoms with Crippen LogP contribution in [0.15, 0.2) is 42.6 Å². The molecule has 20 heavy (non-hydrogen) atoms. The van der Waals surface area contributed by atoms with Gasteiger partial charge in [0, 0.05) is 19.3 Å². The monoisotopic (exact) mass is 271 g/mol. The molecule has 0 bridgehead atoms. The van der Waals surface area contributed by atoms with Gasteiger partial charge < -0.3 is 0 Å². The number of carbonyl (C=O) groups is 1. The Hall–Kier alpha value is -2.31. The van der Waals surface area contributed by atoms with Crippen LogP contribution in [-0.2, 0) is 13.1 Å². The largest absolute Gasteiger partial charge is 0.295 e. The number of nitrogens with zero attached hydrogens (tertiary/aromatic N) is 3. The Kier molecular flexibility index (Phi) is 4.75. The van der Waals surface area contributed by atoms with E-state index < -0.39 is 0 Å². The number of hydrogen-bond donors (Lipinski definition) is 2. The van der Waals surface area contributed by atoms with Crippen LogP contribution in [0.1, 0.15) is 21.9 Å². The second-order valence-electron chi connectivity index (χ2n) is 4.48. The molecule has 0 aliphatic carbocycles. The Labute approximate surface area is 117 Å². The van der Waals surface area contributed by atoms with Crippen molar-refractivity contribution < 1.29 is 4.79 Å². The van der Waals surface area contributed by atoms with Crippen LogP contribution < -0.4 is 11.3 Å². The van der Waals surface area contributed by atoms with Crippen LogP contribution in [0, 0.1) is 0 Å². The van der Waals surface area contributed by atoms with E-state index in [-0.39, 0.29) is 5.91 Å². The van der Waals surface area contributed by atoms with E-state index in [0.717, 1.165) is 17.9 Å². The van der Waals surface area contributed by atoms with E-state index in [2.05, 4.69) is 20.3 Å². The molecule has 104 valence electrons. The molecule has 0 fully saturated rings. The van der Waals surface area contributed by atoms with Crippen molar-refractivity contribution in [1.82, 2.24) is 20.3 Å². The van der Waals surface area contributed by atoms with E-state index in [0.29, 0.717) is 12.2 Å². The molecular formula is C14H17N5O. The molecule has 2 rings (SSSR count). The SMILES string of the molecule is CN(Cc1ccccn1)Cc1cccc(C(=O)NN)n1. The summed E-state index contributed by atoms with van der Waals surface area (Å²) in [6.07, 6.45) is 1.77. The predicted octanol–water partition coefficient (Wildman–Crippen LogP) is 0.712. The summed E-state index contributed by atoms with van der Waals surface area (Å²) in [6.45, 7) is 1.35. The molecule has 0 spiro atoms. The highest BCUT2D eigenvalue weighted by Crippen LogP contribution is 2.05. The third-order valence-electron chi connectivity index (χ3n) is 2.76. The van der Waals surface area contributed by atoms with Gasteiger partial charge in [0.15, 0.2) is 0 Å². The second kappa shape index (κ2) is 6.74. The zero-order chi connectivity index (χ0) is 14.4. The first-order valence-corrected chi connectivity index (χ1v) is 6.24. The lowest BCUT2D eigenvalue weighted by atomic mass is 10.2. The summed E-state index contributed by atoms with van der Waals surface area (Å²) in [7, 11) is 1.98. The number of rotatable bonds is 5. The molecule has 0 aliphatic heterocycles. The molecule has 6 heteroatoms. The molecule has 0 radical (unpaired) electrons. The van der Waals surface area contributed by atoms with Gasteiger partial charge in [-0.3, -0.25) is 20.1 Å². The van der Waals surface area contributed by atoms with Crippen molar-refractivity contribution in [3.05, 3.63) is 59.7 Å². The standard InChI is InChI=1S/C14H17N5O/c1-19(9-11-5-2-3-8-16-11)10-12-6-4-7-13(17-12)14(20)18-15/h2-8H,9-10,15H2,1H3,(H,18,20). The summed E-state index contributed by atoms with van der Waals surface area (Å²) in [5.74, 6) is 4.71. The van der Waals surface area contributed by atoms with Gasteiger partial charge in [-0.2, -0.15) is 0 Å². The Balaban J connectivity index is 2.01. The smallest absolute Gasteiger partial charge is 0.283 e. The molecule has 3 N–H and O–H groups in total. The summed E-state index contributed by atoms with van der Waals surface area (Å²) >= 11 is 0. The Morgan fingerprint density at radius 2 is 1.95 bits per heavy atom. The number of pyridine rings is 2. The number of hydrazine groups is 1. The fourth-order valence-corrected chi connectivity index (χ4v) is 1.87. The molecule has 0 aliphatic rings. The Morgan fingerprint density at radius 1 is 1.20 bits per heavy atom.